The molecule has 0 aliphatic heterocycles. The molecule has 0 saturated carbocycles. The smallest absolute Gasteiger partial charge is 0.175 e. The van der Waals surface area contributed by atoms with Gasteiger partial charge in [-0.3, -0.25) is 0 Å². The molecule has 1 aromatic rings. The molecule has 2 nitrogen and oxygen atoms in total. The van der Waals surface area contributed by atoms with Crippen LogP contribution >= 0.6 is 21.6 Å². The van der Waals surface area contributed by atoms with Crippen molar-refractivity contribution in [2.45, 2.75) is 9.79 Å². The van der Waals surface area contributed by atoms with Gasteiger partial charge in [0.2, 0.25) is 0 Å². The second kappa shape index (κ2) is 4.39. The Hall–Kier alpha value is -0.130. The van der Waals surface area contributed by atoms with Gasteiger partial charge in [-0.05, 0) is 30.5 Å². The van der Waals surface area contributed by atoms with Crippen molar-refractivity contribution in [3.05, 3.63) is 24.3 Å². The van der Waals surface area contributed by atoms with E-state index in [4.69, 9.17) is 0 Å². The predicted molar refractivity (Wildman–Crippen MR) is 58.9 cm³/mol. The molecule has 1 aromatic carbocycles. The molecular formula is C8H10O2S3. The molecule has 72 valence electrons. The molecule has 0 amide bonds. The normalized spacial score (nSPS) is 11.5. The van der Waals surface area contributed by atoms with Crippen molar-refractivity contribution in [3.63, 3.8) is 0 Å². The van der Waals surface area contributed by atoms with Crippen molar-refractivity contribution in [2.24, 2.45) is 0 Å². The number of sulfone groups is 1. The molecule has 0 unspecified atom stereocenters. The maximum atomic E-state index is 11.1. The molecule has 0 atom stereocenters. The second-order valence-corrected chi connectivity index (χ2v) is 6.98. The lowest BCUT2D eigenvalue weighted by molar-refractivity contribution is 0.602. The summed E-state index contributed by atoms with van der Waals surface area (Å²) in [7, 11) is 0.201. The fourth-order valence-corrected chi connectivity index (χ4v) is 2.82. The minimum Gasteiger partial charge on any atom is -0.224 e. The summed E-state index contributed by atoms with van der Waals surface area (Å²) in [4.78, 5) is 1.44. The van der Waals surface area contributed by atoms with Crippen molar-refractivity contribution in [1.29, 1.82) is 0 Å². The van der Waals surface area contributed by atoms with E-state index in [-0.39, 0.29) is 0 Å². The van der Waals surface area contributed by atoms with Crippen LogP contribution in [0.25, 0.3) is 0 Å². The van der Waals surface area contributed by atoms with Crippen LogP contribution in [-0.4, -0.2) is 20.9 Å². The van der Waals surface area contributed by atoms with E-state index in [2.05, 4.69) is 0 Å². The molecule has 0 N–H and O–H groups in total. The summed E-state index contributed by atoms with van der Waals surface area (Å²) in [6.45, 7) is 0. The fraction of sp³-hybridized carbons (Fsp3) is 0.250. The summed E-state index contributed by atoms with van der Waals surface area (Å²) in [6, 6.07) is 6.90. The third kappa shape index (κ3) is 3.25. The summed E-state index contributed by atoms with van der Waals surface area (Å²) in [5, 5.41) is 0. The first-order chi connectivity index (χ1) is 6.04. The molecule has 0 radical (unpaired) electrons. The topological polar surface area (TPSA) is 34.1 Å². The summed E-state index contributed by atoms with van der Waals surface area (Å²) >= 11 is 0. The van der Waals surface area contributed by atoms with Gasteiger partial charge < -0.3 is 0 Å². The lowest BCUT2D eigenvalue weighted by atomic mass is 10.4. The number of hydrogen-bond donors (Lipinski definition) is 0. The molecule has 0 aliphatic carbocycles. The van der Waals surface area contributed by atoms with Gasteiger partial charge in [0.1, 0.15) is 0 Å². The molecular weight excluding hydrogens is 224 g/mol. The Bertz CT molecular complexity index is 367. The molecule has 13 heavy (non-hydrogen) atoms. The number of rotatable bonds is 3. The molecule has 0 fully saturated rings. The van der Waals surface area contributed by atoms with Crippen molar-refractivity contribution in [1.82, 2.24) is 0 Å². The first-order valence-electron chi connectivity index (χ1n) is 3.55. The van der Waals surface area contributed by atoms with E-state index in [1.807, 2.05) is 18.4 Å². The van der Waals surface area contributed by atoms with E-state index in [1.165, 1.54) is 6.26 Å². The molecule has 1 rings (SSSR count). The third-order valence-corrected chi connectivity index (χ3v) is 4.27. The zero-order valence-corrected chi connectivity index (χ0v) is 9.80. The minimum absolute atomic E-state index is 0.373. The SMILES string of the molecule is CSSc1ccc(S(C)(=O)=O)cc1. The van der Waals surface area contributed by atoms with Crippen LogP contribution in [0.4, 0.5) is 0 Å². The lowest BCUT2D eigenvalue weighted by Gasteiger charge is -1.99. The van der Waals surface area contributed by atoms with E-state index in [0.29, 0.717) is 4.90 Å². The van der Waals surface area contributed by atoms with Crippen molar-refractivity contribution >= 4 is 31.4 Å². The van der Waals surface area contributed by atoms with Gasteiger partial charge in [-0.15, -0.1) is 0 Å². The molecule has 5 heteroatoms. The van der Waals surface area contributed by atoms with Gasteiger partial charge in [0.25, 0.3) is 0 Å². The number of benzene rings is 1. The maximum absolute atomic E-state index is 11.1. The average molecular weight is 234 g/mol. The first kappa shape index (κ1) is 10.9. The molecule has 0 saturated heterocycles. The Morgan fingerprint density at radius 3 is 2.08 bits per heavy atom. The molecule has 0 heterocycles. The highest BCUT2D eigenvalue weighted by Crippen LogP contribution is 2.28. The zero-order chi connectivity index (χ0) is 9.90. The van der Waals surface area contributed by atoms with Gasteiger partial charge in [0.15, 0.2) is 9.84 Å². The average Bonchev–Trinajstić information content (AvgIpc) is 2.04. The molecule has 0 aromatic heterocycles. The Morgan fingerprint density at radius 2 is 1.69 bits per heavy atom. The summed E-state index contributed by atoms with van der Waals surface area (Å²) in [5.41, 5.74) is 0. The van der Waals surface area contributed by atoms with E-state index < -0.39 is 9.84 Å². The summed E-state index contributed by atoms with van der Waals surface area (Å²) in [5.74, 6) is 0. The summed E-state index contributed by atoms with van der Waals surface area (Å²) in [6.07, 6.45) is 3.19. The third-order valence-electron chi connectivity index (χ3n) is 1.43. The van der Waals surface area contributed by atoms with E-state index in [1.54, 1.807) is 33.7 Å². The highest BCUT2D eigenvalue weighted by molar-refractivity contribution is 8.76. The van der Waals surface area contributed by atoms with Crippen LogP contribution in [0.1, 0.15) is 0 Å². The first-order valence-corrected chi connectivity index (χ1v) is 8.00. The van der Waals surface area contributed by atoms with Gasteiger partial charge in [-0.2, -0.15) is 0 Å². The Morgan fingerprint density at radius 1 is 1.15 bits per heavy atom. The van der Waals surface area contributed by atoms with Crippen molar-refractivity contribution in [3.8, 4) is 0 Å². The Balaban J connectivity index is 2.94. The largest absolute Gasteiger partial charge is 0.224 e. The Kier molecular flexibility index (Phi) is 3.70. The van der Waals surface area contributed by atoms with Gasteiger partial charge >= 0.3 is 0 Å². The van der Waals surface area contributed by atoms with Crippen LogP contribution in [0.2, 0.25) is 0 Å². The summed E-state index contributed by atoms with van der Waals surface area (Å²) < 4.78 is 22.2. The lowest BCUT2D eigenvalue weighted by Crippen LogP contribution is -1.95. The van der Waals surface area contributed by atoms with Crippen LogP contribution in [0.15, 0.2) is 34.1 Å². The van der Waals surface area contributed by atoms with Gasteiger partial charge in [-0.25, -0.2) is 8.42 Å². The molecule has 0 aliphatic rings. The van der Waals surface area contributed by atoms with E-state index >= 15 is 0 Å². The Labute approximate surface area is 86.4 Å². The standard InChI is InChI=1S/C8H10O2S3/c1-11-12-7-3-5-8(6-4-7)13(2,9)10/h3-6H,1-2H3. The highest BCUT2D eigenvalue weighted by Gasteiger charge is 2.05. The van der Waals surface area contributed by atoms with Crippen LogP contribution in [0, 0.1) is 0 Å². The minimum atomic E-state index is -3.05. The van der Waals surface area contributed by atoms with Gasteiger partial charge in [0.05, 0.1) is 4.90 Å². The molecule has 0 bridgehead atoms. The van der Waals surface area contributed by atoms with Crippen LogP contribution in [0.3, 0.4) is 0 Å². The van der Waals surface area contributed by atoms with Crippen LogP contribution < -0.4 is 0 Å². The van der Waals surface area contributed by atoms with Crippen LogP contribution in [0.5, 0.6) is 0 Å². The second-order valence-electron chi connectivity index (χ2n) is 2.49. The van der Waals surface area contributed by atoms with Crippen molar-refractivity contribution in [2.75, 3.05) is 12.5 Å². The highest BCUT2D eigenvalue weighted by atomic mass is 33.1. The zero-order valence-electron chi connectivity index (χ0n) is 7.35. The molecule has 0 spiro atoms. The maximum Gasteiger partial charge on any atom is 0.175 e. The quantitative estimate of drug-likeness (QED) is 0.752. The fourth-order valence-electron chi connectivity index (χ4n) is 0.839. The number of hydrogen-bond acceptors (Lipinski definition) is 4. The van der Waals surface area contributed by atoms with E-state index in [0.717, 1.165) is 4.90 Å². The van der Waals surface area contributed by atoms with Crippen molar-refractivity contribution < 1.29 is 8.42 Å². The monoisotopic (exact) mass is 234 g/mol. The van der Waals surface area contributed by atoms with Crippen LogP contribution in [-0.2, 0) is 9.84 Å². The van der Waals surface area contributed by atoms with Gasteiger partial charge in [-0.1, -0.05) is 21.6 Å². The van der Waals surface area contributed by atoms with E-state index in [9.17, 15) is 8.42 Å². The predicted octanol–water partition coefficient (Wildman–Crippen LogP) is 2.46. The van der Waals surface area contributed by atoms with Gasteiger partial charge in [0, 0.05) is 11.2 Å².